The van der Waals surface area contributed by atoms with Crippen LogP contribution in [0.4, 0.5) is 4.39 Å². The molecule has 0 atom stereocenters. The van der Waals surface area contributed by atoms with Crippen molar-refractivity contribution in [2.24, 2.45) is 11.8 Å². The number of unbranched alkanes of at least 4 members (excludes halogenated alkanes) is 6. The number of aryl methyl sites for hydroxylation is 1. The van der Waals surface area contributed by atoms with Crippen LogP contribution in [0.1, 0.15) is 108 Å². The predicted octanol–water partition coefficient (Wildman–Crippen LogP) is 9.74. The van der Waals surface area contributed by atoms with Gasteiger partial charge in [0.15, 0.2) is 0 Å². The van der Waals surface area contributed by atoms with Crippen molar-refractivity contribution >= 4 is 0 Å². The molecule has 0 radical (unpaired) electrons. The van der Waals surface area contributed by atoms with Gasteiger partial charge in [-0.05, 0) is 67.7 Å². The first-order valence-corrected chi connectivity index (χ1v) is 13.6. The minimum Gasteiger partial charge on any atom is -0.206 e. The van der Waals surface area contributed by atoms with Crippen LogP contribution in [0.3, 0.4) is 0 Å². The highest BCUT2D eigenvalue weighted by Crippen LogP contribution is 2.32. The Hall–Kier alpha value is -2.07. The summed E-state index contributed by atoms with van der Waals surface area (Å²) in [5.74, 6) is 7.91. The molecule has 3 rings (SSSR count). The van der Waals surface area contributed by atoms with E-state index in [1.165, 1.54) is 89.0 Å². The Labute approximate surface area is 202 Å². The van der Waals surface area contributed by atoms with Gasteiger partial charge in [-0.15, -0.1) is 0 Å². The number of benzene rings is 2. The molecule has 0 aliphatic heterocycles. The van der Waals surface area contributed by atoms with Crippen LogP contribution in [0.25, 0.3) is 11.1 Å². The summed E-state index contributed by atoms with van der Waals surface area (Å²) in [6.45, 7) is 4.48. The van der Waals surface area contributed by atoms with Crippen molar-refractivity contribution in [1.82, 2.24) is 0 Å². The van der Waals surface area contributed by atoms with Gasteiger partial charge < -0.3 is 0 Å². The van der Waals surface area contributed by atoms with E-state index in [4.69, 9.17) is 0 Å². The molecule has 0 unspecified atom stereocenters. The van der Waals surface area contributed by atoms with Crippen molar-refractivity contribution in [2.75, 3.05) is 0 Å². The number of rotatable bonds is 11. The smallest absolute Gasteiger partial charge is 0.132 e. The van der Waals surface area contributed by atoms with E-state index in [2.05, 4.69) is 37.8 Å². The largest absolute Gasteiger partial charge is 0.206 e. The van der Waals surface area contributed by atoms with Crippen LogP contribution in [0.2, 0.25) is 0 Å². The van der Waals surface area contributed by atoms with E-state index < -0.39 is 0 Å². The van der Waals surface area contributed by atoms with Crippen molar-refractivity contribution in [1.29, 1.82) is 0 Å². The number of hydrogen-bond donors (Lipinski definition) is 0. The van der Waals surface area contributed by atoms with E-state index in [0.717, 1.165) is 23.5 Å². The van der Waals surface area contributed by atoms with E-state index in [1.807, 2.05) is 24.3 Å². The first-order valence-electron chi connectivity index (χ1n) is 13.6. The number of hydrogen-bond acceptors (Lipinski definition) is 0. The molecule has 0 N–H and O–H groups in total. The molecule has 1 aliphatic carbocycles. The molecule has 0 saturated heterocycles. The van der Waals surface area contributed by atoms with Gasteiger partial charge in [0.2, 0.25) is 0 Å². The third kappa shape index (κ3) is 8.66. The topological polar surface area (TPSA) is 0 Å². The Bertz CT molecular complexity index is 875. The maximum Gasteiger partial charge on any atom is 0.132 e. The highest BCUT2D eigenvalue weighted by molar-refractivity contribution is 5.65. The molecule has 0 aromatic heterocycles. The summed E-state index contributed by atoms with van der Waals surface area (Å²) in [4.78, 5) is 0. The van der Waals surface area contributed by atoms with Crippen molar-refractivity contribution in [3.63, 3.8) is 0 Å². The first kappa shape index (κ1) is 25.6. The van der Waals surface area contributed by atoms with Crippen molar-refractivity contribution < 1.29 is 4.39 Å². The zero-order chi connectivity index (χ0) is 23.3. The summed E-state index contributed by atoms with van der Waals surface area (Å²) in [6, 6.07) is 13.8. The second kappa shape index (κ2) is 14.2. The molecule has 1 aliphatic rings. The molecule has 0 amide bonds. The van der Waals surface area contributed by atoms with Gasteiger partial charge in [0.25, 0.3) is 0 Å². The summed E-state index contributed by atoms with van der Waals surface area (Å²) in [6.07, 6.45) is 18.3. The zero-order valence-corrected chi connectivity index (χ0v) is 21.0. The second-order valence-corrected chi connectivity index (χ2v) is 10.0. The summed E-state index contributed by atoms with van der Waals surface area (Å²) < 4.78 is 14.8. The standard InChI is InChI=1S/C32H43F/c1-3-5-7-8-9-10-12-27-13-15-28(16-14-27)17-18-29-21-24-31(32(33)25-29)30-22-19-26(20-23-30)11-6-4-2/h19-25,27-28H,3-16H2,1-2H3/t27-,28-. The van der Waals surface area contributed by atoms with Crippen molar-refractivity contribution in [2.45, 2.75) is 104 Å². The normalized spacial score (nSPS) is 18.0. The second-order valence-electron chi connectivity index (χ2n) is 10.0. The molecule has 0 spiro atoms. The Morgan fingerprint density at radius 3 is 2.18 bits per heavy atom. The Kier molecular flexibility index (Phi) is 11.0. The van der Waals surface area contributed by atoms with E-state index in [9.17, 15) is 4.39 Å². The maximum atomic E-state index is 14.8. The lowest BCUT2D eigenvalue weighted by molar-refractivity contribution is 0.293. The first-order chi connectivity index (χ1) is 16.2. The highest BCUT2D eigenvalue weighted by atomic mass is 19.1. The third-order valence-corrected chi connectivity index (χ3v) is 7.29. The fourth-order valence-electron chi connectivity index (χ4n) is 5.05. The van der Waals surface area contributed by atoms with E-state index in [-0.39, 0.29) is 5.82 Å². The molecular weight excluding hydrogens is 403 g/mol. The minimum absolute atomic E-state index is 0.175. The Morgan fingerprint density at radius 2 is 1.48 bits per heavy atom. The monoisotopic (exact) mass is 446 g/mol. The zero-order valence-electron chi connectivity index (χ0n) is 21.0. The van der Waals surface area contributed by atoms with Crippen molar-refractivity contribution in [3.05, 3.63) is 59.4 Å². The van der Waals surface area contributed by atoms with E-state index in [1.54, 1.807) is 6.07 Å². The lowest BCUT2D eigenvalue weighted by Crippen LogP contribution is -2.13. The van der Waals surface area contributed by atoms with Gasteiger partial charge in [-0.2, -0.15) is 0 Å². The SMILES string of the molecule is CCCCCCCC[C@H]1CC[C@H](C#Cc2ccc(-c3ccc(CCCC)cc3)c(F)c2)CC1. The van der Waals surface area contributed by atoms with Gasteiger partial charge in [0.05, 0.1) is 0 Å². The average molecular weight is 447 g/mol. The van der Waals surface area contributed by atoms with Crippen LogP contribution in [0.15, 0.2) is 42.5 Å². The van der Waals surface area contributed by atoms with Crippen LogP contribution in [0.5, 0.6) is 0 Å². The van der Waals surface area contributed by atoms with Gasteiger partial charge in [-0.1, -0.05) is 107 Å². The molecule has 2 aromatic carbocycles. The Morgan fingerprint density at radius 1 is 0.788 bits per heavy atom. The van der Waals surface area contributed by atoms with Crippen LogP contribution < -0.4 is 0 Å². The Balaban J connectivity index is 1.46. The third-order valence-electron chi connectivity index (χ3n) is 7.29. The van der Waals surface area contributed by atoms with Crippen LogP contribution in [-0.2, 0) is 6.42 Å². The average Bonchev–Trinajstić information content (AvgIpc) is 2.85. The molecule has 178 valence electrons. The lowest BCUT2D eigenvalue weighted by Gasteiger charge is -2.25. The molecular formula is C32H43F. The summed E-state index contributed by atoms with van der Waals surface area (Å²) in [5.41, 5.74) is 3.73. The molecule has 2 aromatic rings. The molecule has 1 heteroatoms. The van der Waals surface area contributed by atoms with Crippen molar-refractivity contribution in [3.8, 4) is 23.0 Å². The van der Waals surface area contributed by atoms with Gasteiger partial charge in [0, 0.05) is 17.0 Å². The molecule has 0 heterocycles. The predicted molar refractivity (Wildman–Crippen MR) is 141 cm³/mol. The minimum atomic E-state index is -0.175. The molecule has 1 fully saturated rings. The highest BCUT2D eigenvalue weighted by Gasteiger charge is 2.19. The summed E-state index contributed by atoms with van der Waals surface area (Å²) in [5, 5.41) is 0. The molecule has 1 saturated carbocycles. The van der Waals surface area contributed by atoms with Gasteiger partial charge in [-0.3, -0.25) is 0 Å². The summed E-state index contributed by atoms with van der Waals surface area (Å²) >= 11 is 0. The molecule has 0 nitrogen and oxygen atoms in total. The fraction of sp³-hybridized carbons (Fsp3) is 0.562. The quantitative estimate of drug-likeness (QED) is 0.238. The van der Waals surface area contributed by atoms with Gasteiger partial charge in [-0.25, -0.2) is 4.39 Å². The maximum absolute atomic E-state index is 14.8. The van der Waals surface area contributed by atoms with E-state index >= 15 is 0 Å². The summed E-state index contributed by atoms with van der Waals surface area (Å²) in [7, 11) is 0. The fourth-order valence-corrected chi connectivity index (χ4v) is 5.05. The molecule has 33 heavy (non-hydrogen) atoms. The van der Waals surface area contributed by atoms with Crippen LogP contribution >= 0.6 is 0 Å². The van der Waals surface area contributed by atoms with Gasteiger partial charge >= 0.3 is 0 Å². The van der Waals surface area contributed by atoms with Crippen LogP contribution in [-0.4, -0.2) is 0 Å². The van der Waals surface area contributed by atoms with Gasteiger partial charge in [0.1, 0.15) is 5.82 Å². The number of halogens is 1. The lowest BCUT2D eigenvalue weighted by atomic mass is 9.80. The van der Waals surface area contributed by atoms with Crippen LogP contribution in [0, 0.1) is 29.5 Å². The molecule has 0 bridgehead atoms. The van der Waals surface area contributed by atoms with E-state index in [0.29, 0.717) is 11.5 Å².